The standard InChI is InChI=1S/C23H29N5O/c1-3-28-21-7-5-4-6-19(21)20-16-18(8-9-22(20)28)17-24-25-23(29)10-11-27-14-12-26(2)13-15-27/h4-9,16-17H,3,10-15H2,1-2H3,(H,25,29). The van der Waals surface area contributed by atoms with Crippen molar-refractivity contribution in [3.05, 3.63) is 48.0 Å². The van der Waals surface area contributed by atoms with E-state index >= 15 is 0 Å². The first-order valence-corrected chi connectivity index (χ1v) is 10.4. The van der Waals surface area contributed by atoms with Gasteiger partial charge in [-0.05, 0) is 37.7 Å². The van der Waals surface area contributed by atoms with Crippen molar-refractivity contribution in [1.82, 2.24) is 19.8 Å². The van der Waals surface area contributed by atoms with E-state index in [1.54, 1.807) is 6.21 Å². The van der Waals surface area contributed by atoms with Crippen LogP contribution in [0.4, 0.5) is 0 Å². The number of hydrogen-bond acceptors (Lipinski definition) is 4. The monoisotopic (exact) mass is 391 g/mol. The number of rotatable bonds is 6. The van der Waals surface area contributed by atoms with E-state index in [4.69, 9.17) is 0 Å². The number of nitrogens with one attached hydrogen (secondary N) is 1. The second-order valence-electron chi connectivity index (χ2n) is 7.73. The van der Waals surface area contributed by atoms with Gasteiger partial charge in [0.1, 0.15) is 0 Å². The molecule has 2 aromatic carbocycles. The number of benzene rings is 2. The van der Waals surface area contributed by atoms with Crippen molar-refractivity contribution in [2.75, 3.05) is 39.8 Å². The fourth-order valence-electron chi connectivity index (χ4n) is 4.06. The minimum atomic E-state index is -0.0381. The minimum Gasteiger partial charge on any atom is -0.341 e. The van der Waals surface area contributed by atoms with Crippen molar-refractivity contribution in [3.8, 4) is 0 Å². The van der Waals surface area contributed by atoms with E-state index in [-0.39, 0.29) is 5.91 Å². The van der Waals surface area contributed by atoms with Gasteiger partial charge in [-0.15, -0.1) is 0 Å². The Morgan fingerprint density at radius 2 is 1.83 bits per heavy atom. The van der Waals surface area contributed by atoms with E-state index in [1.807, 2.05) is 6.07 Å². The number of amides is 1. The maximum absolute atomic E-state index is 12.1. The molecule has 0 spiro atoms. The molecular weight excluding hydrogens is 362 g/mol. The van der Waals surface area contributed by atoms with Crippen LogP contribution in [-0.2, 0) is 11.3 Å². The maximum atomic E-state index is 12.1. The molecule has 0 saturated carbocycles. The molecule has 1 aliphatic rings. The summed E-state index contributed by atoms with van der Waals surface area (Å²) < 4.78 is 2.33. The SMILES string of the molecule is CCn1c2ccccc2c2cc(C=NNC(=O)CCN3CCN(C)CC3)ccc21. The fourth-order valence-corrected chi connectivity index (χ4v) is 4.06. The molecule has 1 N–H and O–H groups in total. The Kier molecular flexibility index (Phi) is 5.92. The van der Waals surface area contributed by atoms with E-state index in [9.17, 15) is 4.79 Å². The lowest BCUT2D eigenvalue weighted by molar-refractivity contribution is -0.121. The summed E-state index contributed by atoms with van der Waals surface area (Å²) in [4.78, 5) is 16.8. The summed E-state index contributed by atoms with van der Waals surface area (Å²) in [5.74, 6) is -0.0381. The average molecular weight is 392 g/mol. The Balaban J connectivity index is 1.39. The van der Waals surface area contributed by atoms with Gasteiger partial charge < -0.3 is 14.4 Å². The van der Waals surface area contributed by atoms with Gasteiger partial charge in [0.25, 0.3) is 0 Å². The summed E-state index contributed by atoms with van der Waals surface area (Å²) in [6.45, 7) is 8.07. The predicted octanol–water partition coefficient (Wildman–Crippen LogP) is 2.90. The van der Waals surface area contributed by atoms with Crippen molar-refractivity contribution >= 4 is 33.9 Å². The van der Waals surface area contributed by atoms with Crippen LogP contribution in [0.15, 0.2) is 47.6 Å². The van der Waals surface area contributed by atoms with Crippen molar-refractivity contribution in [3.63, 3.8) is 0 Å². The molecule has 1 aromatic heterocycles. The molecule has 0 atom stereocenters. The van der Waals surface area contributed by atoms with Crippen molar-refractivity contribution in [1.29, 1.82) is 0 Å². The third-order valence-electron chi connectivity index (χ3n) is 5.77. The lowest BCUT2D eigenvalue weighted by atomic mass is 10.1. The van der Waals surface area contributed by atoms with Gasteiger partial charge in [0.2, 0.25) is 5.91 Å². The number of carbonyl (C=O) groups is 1. The highest BCUT2D eigenvalue weighted by molar-refractivity contribution is 6.09. The predicted molar refractivity (Wildman–Crippen MR) is 119 cm³/mol. The van der Waals surface area contributed by atoms with E-state index in [0.29, 0.717) is 6.42 Å². The van der Waals surface area contributed by atoms with Gasteiger partial charge in [-0.1, -0.05) is 24.3 Å². The molecule has 0 unspecified atom stereocenters. The number of carbonyl (C=O) groups excluding carboxylic acids is 1. The number of fused-ring (bicyclic) bond motifs is 3. The molecular formula is C23H29N5O. The molecule has 4 rings (SSSR count). The van der Waals surface area contributed by atoms with Gasteiger partial charge in [0.05, 0.1) is 6.21 Å². The summed E-state index contributed by atoms with van der Waals surface area (Å²) in [5.41, 5.74) is 6.12. The molecule has 1 aliphatic heterocycles. The number of aromatic nitrogens is 1. The van der Waals surface area contributed by atoms with Crippen molar-refractivity contribution < 1.29 is 4.79 Å². The number of likely N-dealkylation sites (N-methyl/N-ethyl adjacent to an activating group) is 1. The van der Waals surface area contributed by atoms with Gasteiger partial charge in [-0.2, -0.15) is 5.10 Å². The second kappa shape index (κ2) is 8.76. The highest BCUT2D eigenvalue weighted by atomic mass is 16.2. The zero-order valence-electron chi connectivity index (χ0n) is 17.3. The van der Waals surface area contributed by atoms with Crippen LogP contribution in [0.2, 0.25) is 0 Å². The molecule has 152 valence electrons. The number of nitrogens with zero attached hydrogens (tertiary/aromatic N) is 4. The Morgan fingerprint density at radius 1 is 1.07 bits per heavy atom. The molecule has 3 aromatic rings. The van der Waals surface area contributed by atoms with Crippen LogP contribution in [0.1, 0.15) is 18.9 Å². The molecule has 6 nitrogen and oxygen atoms in total. The molecule has 0 aliphatic carbocycles. The molecule has 0 bridgehead atoms. The van der Waals surface area contributed by atoms with E-state index < -0.39 is 0 Å². The number of hydrogen-bond donors (Lipinski definition) is 1. The topological polar surface area (TPSA) is 52.9 Å². The summed E-state index contributed by atoms with van der Waals surface area (Å²) >= 11 is 0. The van der Waals surface area contributed by atoms with E-state index in [0.717, 1.165) is 44.8 Å². The molecule has 1 saturated heterocycles. The lowest BCUT2D eigenvalue weighted by Crippen LogP contribution is -2.45. The molecule has 6 heteroatoms. The van der Waals surface area contributed by atoms with Crippen molar-refractivity contribution in [2.45, 2.75) is 19.9 Å². The zero-order chi connectivity index (χ0) is 20.2. The van der Waals surface area contributed by atoms with E-state index in [2.05, 4.69) is 75.3 Å². The van der Waals surface area contributed by atoms with Crippen LogP contribution in [0.3, 0.4) is 0 Å². The summed E-state index contributed by atoms with van der Waals surface area (Å²) in [6, 6.07) is 14.8. The molecule has 2 heterocycles. The van der Waals surface area contributed by atoms with Crippen LogP contribution >= 0.6 is 0 Å². The Morgan fingerprint density at radius 3 is 2.62 bits per heavy atom. The Bertz CT molecular complexity index is 1030. The molecule has 1 fully saturated rings. The Labute approximate surface area is 171 Å². The highest BCUT2D eigenvalue weighted by Gasteiger charge is 2.14. The van der Waals surface area contributed by atoms with Crippen LogP contribution in [0.25, 0.3) is 21.8 Å². The first kappa shape index (κ1) is 19.6. The third kappa shape index (κ3) is 4.33. The first-order valence-electron chi connectivity index (χ1n) is 10.4. The van der Waals surface area contributed by atoms with Crippen LogP contribution in [0, 0.1) is 0 Å². The van der Waals surface area contributed by atoms with Crippen LogP contribution in [0.5, 0.6) is 0 Å². The molecule has 0 radical (unpaired) electrons. The third-order valence-corrected chi connectivity index (χ3v) is 5.77. The van der Waals surface area contributed by atoms with Gasteiger partial charge in [-0.3, -0.25) is 4.79 Å². The quantitative estimate of drug-likeness (QED) is 0.519. The van der Waals surface area contributed by atoms with E-state index in [1.165, 1.54) is 21.8 Å². The minimum absolute atomic E-state index is 0.0381. The average Bonchev–Trinajstić information content (AvgIpc) is 3.06. The smallest absolute Gasteiger partial charge is 0.241 e. The normalized spacial score (nSPS) is 16.2. The summed E-state index contributed by atoms with van der Waals surface area (Å²) in [5, 5.41) is 6.63. The lowest BCUT2D eigenvalue weighted by Gasteiger charge is -2.32. The second-order valence-corrected chi connectivity index (χ2v) is 7.73. The number of aryl methyl sites for hydroxylation is 1. The summed E-state index contributed by atoms with van der Waals surface area (Å²) in [6.07, 6.45) is 2.20. The molecule has 29 heavy (non-hydrogen) atoms. The van der Waals surface area contributed by atoms with Gasteiger partial charge in [-0.25, -0.2) is 5.43 Å². The maximum Gasteiger partial charge on any atom is 0.241 e. The van der Waals surface area contributed by atoms with Gasteiger partial charge in [0.15, 0.2) is 0 Å². The first-order chi connectivity index (χ1) is 14.2. The van der Waals surface area contributed by atoms with Gasteiger partial charge >= 0.3 is 0 Å². The largest absolute Gasteiger partial charge is 0.341 e. The Hall–Kier alpha value is -2.70. The molecule has 1 amide bonds. The number of para-hydroxylation sites is 1. The zero-order valence-corrected chi connectivity index (χ0v) is 17.3. The van der Waals surface area contributed by atoms with Crippen LogP contribution < -0.4 is 5.43 Å². The van der Waals surface area contributed by atoms with Gasteiger partial charge in [0, 0.05) is 67.5 Å². The fraction of sp³-hybridized carbons (Fsp3) is 0.391. The highest BCUT2D eigenvalue weighted by Crippen LogP contribution is 2.29. The number of hydrazone groups is 1. The van der Waals surface area contributed by atoms with Crippen LogP contribution in [-0.4, -0.2) is 66.3 Å². The van der Waals surface area contributed by atoms with Crippen molar-refractivity contribution in [2.24, 2.45) is 5.10 Å². The number of piperazine rings is 1. The summed E-state index contributed by atoms with van der Waals surface area (Å²) in [7, 11) is 2.14.